The van der Waals surface area contributed by atoms with Crippen molar-refractivity contribution in [1.82, 2.24) is 0 Å². The summed E-state index contributed by atoms with van der Waals surface area (Å²) in [4.78, 5) is 0. The van der Waals surface area contributed by atoms with Crippen LogP contribution < -0.4 is 0 Å². The van der Waals surface area contributed by atoms with Gasteiger partial charge in [-0.25, -0.2) is 0 Å². The van der Waals surface area contributed by atoms with Crippen molar-refractivity contribution in [3.05, 3.63) is 58.1 Å². The molecule has 2 unspecified atom stereocenters. The van der Waals surface area contributed by atoms with Gasteiger partial charge in [-0.15, -0.1) is 0 Å². The number of benzene rings is 1. The zero-order valence-electron chi connectivity index (χ0n) is 14.4. The van der Waals surface area contributed by atoms with E-state index in [1.54, 1.807) is 0 Å². The van der Waals surface area contributed by atoms with Gasteiger partial charge in [-0.3, -0.25) is 0 Å². The van der Waals surface area contributed by atoms with Crippen molar-refractivity contribution in [3.8, 4) is 0 Å². The third-order valence-corrected chi connectivity index (χ3v) is 4.44. The molecule has 22 heavy (non-hydrogen) atoms. The topological polar surface area (TPSA) is 20.2 Å². The fraction of sp³-hybridized carbons (Fsp3) is 0.500. The summed E-state index contributed by atoms with van der Waals surface area (Å²) >= 11 is 3.45. The molecule has 0 saturated heterocycles. The van der Waals surface area contributed by atoms with Crippen molar-refractivity contribution < 1.29 is 5.11 Å². The Bertz CT molecular complexity index is 509. The average molecular weight is 365 g/mol. The molecule has 0 aliphatic heterocycles. The van der Waals surface area contributed by atoms with E-state index in [1.165, 1.54) is 5.57 Å². The van der Waals surface area contributed by atoms with Crippen LogP contribution in [0.2, 0.25) is 0 Å². The predicted octanol–water partition coefficient (Wildman–Crippen LogP) is 6.45. The first-order valence-corrected chi connectivity index (χ1v) is 8.80. The Morgan fingerprint density at radius 1 is 1.23 bits per heavy atom. The molecule has 0 bridgehead atoms. The fourth-order valence-electron chi connectivity index (χ4n) is 2.42. The van der Waals surface area contributed by atoms with E-state index in [9.17, 15) is 5.11 Å². The Balaban J connectivity index is 3.01. The molecule has 2 atom stereocenters. The van der Waals surface area contributed by atoms with Crippen LogP contribution in [0.1, 0.15) is 59.1 Å². The van der Waals surface area contributed by atoms with E-state index in [0.717, 1.165) is 22.9 Å². The van der Waals surface area contributed by atoms with Gasteiger partial charge in [0.15, 0.2) is 0 Å². The molecule has 1 N–H and O–H groups in total. The number of allylic oxidation sites excluding steroid dienone is 3. The smallest absolute Gasteiger partial charge is 0.0878 e. The Morgan fingerprint density at radius 3 is 2.32 bits per heavy atom. The molecule has 0 heterocycles. The molecule has 0 saturated carbocycles. The van der Waals surface area contributed by atoms with Crippen molar-refractivity contribution in [2.75, 3.05) is 0 Å². The molecule has 0 aliphatic carbocycles. The number of rotatable bonds is 7. The summed E-state index contributed by atoms with van der Waals surface area (Å²) < 4.78 is 1.03. The molecule has 0 fully saturated rings. The minimum Gasteiger partial charge on any atom is -0.388 e. The van der Waals surface area contributed by atoms with E-state index >= 15 is 0 Å². The van der Waals surface area contributed by atoms with Crippen LogP contribution in [0.4, 0.5) is 0 Å². The van der Waals surface area contributed by atoms with E-state index in [2.05, 4.69) is 68.8 Å². The number of aliphatic hydroxyl groups is 1. The summed E-state index contributed by atoms with van der Waals surface area (Å²) in [6.07, 6.45) is 8.05. The minimum absolute atomic E-state index is 0.260. The molecule has 1 nitrogen and oxygen atoms in total. The van der Waals surface area contributed by atoms with Crippen LogP contribution in [-0.4, -0.2) is 5.11 Å². The maximum atomic E-state index is 10.9. The number of hydrogen-bond acceptors (Lipinski definition) is 1. The van der Waals surface area contributed by atoms with Gasteiger partial charge in [-0.05, 0) is 50.3 Å². The maximum Gasteiger partial charge on any atom is 0.0878 e. The second-order valence-corrected chi connectivity index (χ2v) is 7.80. The first-order chi connectivity index (χ1) is 10.2. The third kappa shape index (κ3) is 6.10. The first kappa shape index (κ1) is 19.2. The van der Waals surface area contributed by atoms with Crippen molar-refractivity contribution in [1.29, 1.82) is 0 Å². The van der Waals surface area contributed by atoms with Gasteiger partial charge < -0.3 is 5.11 Å². The van der Waals surface area contributed by atoms with Gasteiger partial charge >= 0.3 is 0 Å². The van der Waals surface area contributed by atoms with Crippen LogP contribution in [0.3, 0.4) is 0 Å². The second-order valence-electron chi connectivity index (χ2n) is 6.88. The molecule has 0 radical (unpaired) electrons. The molecule has 0 amide bonds. The Morgan fingerprint density at radius 2 is 1.82 bits per heavy atom. The highest BCUT2D eigenvalue weighted by molar-refractivity contribution is 9.10. The third-order valence-electron chi connectivity index (χ3n) is 3.91. The normalized spacial score (nSPS) is 15.8. The lowest BCUT2D eigenvalue weighted by Crippen LogP contribution is -2.23. The fourth-order valence-corrected chi connectivity index (χ4v) is 2.69. The highest BCUT2D eigenvalue weighted by atomic mass is 79.9. The van der Waals surface area contributed by atoms with E-state index in [4.69, 9.17) is 0 Å². The lowest BCUT2D eigenvalue weighted by Gasteiger charge is -2.32. The van der Waals surface area contributed by atoms with Crippen molar-refractivity contribution in [2.24, 2.45) is 11.3 Å². The average Bonchev–Trinajstić information content (AvgIpc) is 2.45. The number of aliphatic hydroxyl groups excluding tert-OH is 1. The largest absolute Gasteiger partial charge is 0.388 e. The number of hydrogen-bond donors (Lipinski definition) is 1. The van der Waals surface area contributed by atoms with Crippen LogP contribution in [0.15, 0.2) is 52.5 Å². The maximum absolute atomic E-state index is 10.9. The highest BCUT2D eigenvalue weighted by Gasteiger charge is 2.31. The van der Waals surface area contributed by atoms with Crippen LogP contribution in [0.25, 0.3) is 0 Å². The van der Waals surface area contributed by atoms with Crippen LogP contribution in [0.5, 0.6) is 0 Å². The van der Waals surface area contributed by atoms with E-state index in [0.29, 0.717) is 5.92 Å². The van der Waals surface area contributed by atoms with Gasteiger partial charge in [-0.2, -0.15) is 0 Å². The van der Waals surface area contributed by atoms with Crippen molar-refractivity contribution >= 4 is 15.9 Å². The Hall–Kier alpha value is -0.860. The van der Waals surface area contributed by atoms with Gasteiger partial charge in [0, 0.05) is 9.89 Å². The monoisotopic (exact) mass is 364 g/mol. The number of halogens is 1. The molecular weight excluding hydrogens is 336 g/mol. The van der Waals surface area contributed by atoms with Crippen molar-refractivity contribution in [2.45, 2.75) is 53.6 Å². The molecule has 0 spiro atoms. The zero-order chi connectivity index (χ0) is 16.8. The predicted molar refractivity (Wildman–Crippen MR) is 99.9 cm³/mol. The van der Waals surface area contributed by atoms with Crippen LogP contribution >= 0.6 is 15.9 Å². The molecule has 122 valence electrons. The molecule has 2 heteroatoms. The van der Waals surface area contributed by atoms with Gasteiger partial charge in [0.05, 0.1) is 6.10 Å². The standard InChI is InChI=1S/C20H29BrO/c1-15(2)7-6-13-20(5,14-12-16(3)4)19(22)17-8-10-18(21)11-9-17/h7-12,14,16,19,22H,6,13H2,1-5H3/b14-12+. The summed E-state index contributed by atoms with van der Waals surface area (Å²) in [5, 5.41) is 10.9. The van der Waals surface area contributed by atoms with Crippen LogP contribution in [-0.2, 0) is 0 Å². The Kier molecular flexibility index (Phi) is 7.58. The first-order valence-electron chi connectivity index (χ1n) is 8.01. The molecule has 1 rings (SSSR count). The Labute approximate surface area is 144 Å². The molecule has 0 aliphatic rings. The van der Waals surface area contributed by atoms with E-state index < -0.39 is 6.10 Å². The lowest BCUT2D eigenvalue weighted by molar-refractivity contribution is 0.0640. The molecule has 0 aromatic heterocycles. The van der Waals surface area contributed by atoms with Gasteiger partial charge in [0.1, 0.15) is 0 Å². The van der Waals surface area contributed by atoms with Gasteiger partial charge in [-0.1, -0.05) is 72.6 Å². The SMILES string of the molecule is CC(C)=CCCC(C)(/C=C/C(C)C)C(O)c1ccc(Br)cc1. The summed E-state index contributed by atoms with van der Waals surface area (Å²) in [6, 6.07) is 7.97. The quantitative estimate of drug-likeness (QED) is 0.551. The lowest BCUT2D eigenvalue weighted by atomic mass is 9.76. The van der Waals surface area contributed by atoms with E-state index in [-0.39, 0.29) is 5.41 Å². The van der Waals surface area contributed by atoms with E-state index in [1.807, 2.05) is 24.3 Å². The van der Waals surface area contributed by atoms with Gasteiger partial charge in [0.2, 0.25) is 0 Å². The zero-order valence-corrected chi connectivity index (χ0v) is 16.0. The molecule has 1 aromatic carbocycles. The van der Waals surface area contributed by atoms with Crippen molar-refractivity contribution in [3.63, 3.8) is 0 Å². The summed E-state index contributed by atoms with van der Waals surface area (Å²) in [6.45, 7) is 10.7. The summed E-state index contributed by atoms with van der Waals surface area (Å²) in [5.74, 6) is 0.486. The highest BCUT2D eigenvalue weighted by Crippen LogP contribution is 2.40. The molecular formula is C20H29BrO. The summed E-state index contributed by atoms with van der Waals surface area (Å²) in [7, 11) is 0. The second kappa shape index (κ2) is 8.69. The van der Waals surface area contributed by atoms with Crippen LogP contribution in [0, 0.1) is 11.3 Å². The van der Waals surface area contributed by atoms with Gasteiger partial charge in [0.25, 0.3) is 0 Å². The minimum atomic E-state index is -0.499. The summed E-state index contributed by atoms with van der Waals surface area (Å²) in [5.41, 5.74) is 2.04. The molecule has 1 aromatic rings.